The molecule has 0 unspecified atom stereocenters. The predicted molar refractivity (Wildman–Crippen MR) is 75.9 cm³/mol. The quantitative estimate of drug-likeness (QED) is 0.485. The minimum absolute atomic E-state index is 0.0444. The highest BCUT2D eigenvalue weighted by atomic mass is 32.1. The third-order valence-corrected chi connectivity index (χ3v) is 3.11. The van der Waals surface area contributed by atoms with Gasteiger partial charge in [-0.3, -0.25) is 14.9 Å². The highest BCUT2D eigenvalue weighted by Gasteiger charge is 2.14. The zero-order valence-electron chi connectivity index (χ0n) is 10.9. The lowest BCUT2D eigenvalue weighted by molar-refractivity contribution is -0.402. The average Bonchev–Trinajstić information content (AvgIpc) is 3.05. The number of nitrogen functional groups attached to an aromatic ring is 1. The standard InChI is InChI=1S/C11H11N5O4S/c1-6(8-2-3-10(20-8)16(18)19)14-15-9(17)4-7-5-21-11(12)13-7/h2-3,5H,4H2,1H3,(H2,12,13)(H,15,17)/b14-6-. The van der Waals surface area contributed by atoms with Gasteiger partial charge in [-0.15, -0.1) is 11.3 Å². The van der Waals surface area contributed by atoms with E-state index in [9.17, 15) is 14.9 Å². The first kappa shape index (κ1) is 14.7. The number of nitrogens with one attached hydrogen (secondary N) is 1. The topological polar surface area (TPSA) is 137 Å². The van der Waals surface area contributed by atoms with E-state index in [0.29, 0.717) is 16.5 Å². The smallest absolute Gasteiger partial charge is 0.399 e. The first-order chi connectivity index (χ1) is 9.95. The summed E-state index contributed by atoms with van der Waals surface area (Å²) in [5.41, 5.74) is 8.65. The normalized spacial score (nSPS) is 11.4. The molecule has 2 aromatic rings. The third-order valence-electron chi connectivity index (χ3n) is 2.39. The molecule has 0 aliphatic heterocycles. The van der Waals surface area contributed by atoms with Gasteiger partial charge in [0.25, 0.3) is 0 Å². The van der Waals surface area contributed by atoms with Crippen molar-refractivity contribution in [2.24, 2.45) is 5.10 Å². The molecule has 0 radical (unpaired) electrons. The number of amides is 1. The van der Waals surface area contributed by atoms with Gasteiger partial charge in [-0.2, -0.15) is 5.10 Å². The Morgan fingerprint density at radius 1 is 1.62 bits per heavy atom. The van der Waals surface area contributed by atoms with Gasteiger partial charge in [0.05, 0.1) is 18.2 Å². The van der Waals surface area contributed by atoms with Crippen molar-refractivity contribution in [3.8, 4) is 0 Å². The molecule has 0 aliphatic rings. The van der Waals surface area contributed by atoms with E-state index >= 15 is 0 Å². The van der Waals surface area contributed by atoms with Crippen LogP contribution in [0.1, 0.15) is 18.4 Å². The summed E-state index contributed by atoms with van der Waals surface area (Å²) in [5.74, 6) is -0.551. The Labute approximate surface area is 122 Å². The van der Waals surface area contributed by atoms with E-state index in [0.717, 1.165) is 0 Å². The van der Waals surface area contributed by atoms with E-state index in [-0.39, 0.29) is 24.0 Å². The van der Waals surface area contributed by atoms with Gasteiger partial charge in [-0.05, 0) is 13.0 Å². The summed E-state index contributed by atoms with van der Waals surface area (Å²) in [6.45, 7) is 1.56. The molecule has 0 atom stereocenters. The molecule has 0 saturated heterocycles. The first-order valence-electron chi connectivity index (χ1n) is 5.73. The van der Waals surface area contributed by atoms with Crippen LogP contribution in [0.2, 0.25) is 0 Å². The summed E-state index contributed by atoms with van der Waals surface area (Å²) in [4.78, 5) is 25.4. The summed E-state index contributed by atoms with van der Waals surface area (Å²) < 4.78 is 4.95. The molecular weight excluding hydrogens is 298 g/mol. The van der Waals surface area contributed by atoms with E-state index in [1.54, 1.807) is 12.3 Å². The maximum atomic E-state index is 11.6. The van der Waals surface area contributed by atoms with Crippen LogP contribution in [0, 0.1) is 10.1 Å². The molecule has 9 nitrogen and oxygen atoms in total. The molecule has 2 rings (SSSR count). The van der Waals surface area contributed by atoms with Gasteiger partial charge >= 0.3 is 5.88 Å². The number of hydrogen-bond acceptors (Lipinski definition) is 8. The Kier molecular flexibility index (Phi) is 4.28. The molecule has 21 heavy (non-hydrogen) atoms. The summed E-state index contributed by atoms with van der Waals surface area (Å²) in [6, 6.07) is 2.62. The van der Waals surface area contributed by atoms with E-state index in [2.05, 4.69) is 15.5 Å². The summed E-state index contributed by atoms with van der Waals surface area (Å²) in [5, 5.41) is 16.4. The van der Waals surface area contributed by atoms with Gasteiger partial charge in [0.2, 0.25) is 5.91 Å². The lowest BCUT2D eigenvalue weighted by atomic mass is 10.3. The van der Waals surface area contributed by atoms with Crippen LogP contribution in [0.4, 0.5) is 11.0 Å². The van der Waals surface area contributed by atoms with Crippen molar-refractivity contribution in [2.75, 3.05) is 5.73 Å². The Balaban J connectivity index is 1.95. The number of carbonyl (C=O) groups is 1. The second kappa shape index (κ2) is 6.13. The molecule has 10 heteroatoms. The molecule has 2 aromatic heterocycles. The second-order valence-corrected chi connectivity index (χ2v) is 4.87. The number of thiazole rings is 1. The van der Waals surface area contributed by atoms with E-state index in [1.165, 1.54) is 23.5 Å². The number of nitrogens with zero attached hydrogens (tertiary/aromatic N) is 3. The number of rotatable bonds is 5. The van der Waals surface area contributed by atoms with Crippen molar-refractivity contribution in [1.82, 2.24) is 10.4 Å². The number of aromatic nitrogens is 1. The largest absolute Gasteiger partial charge is 0.433 e. The number of anilines is 1. The number of nitrogens with two attached hydrogens (primary N) is 1. The van der Waals surface area contributed by atoms with Crippen LogP contribution in [0.15, 0.2) is 27.0 Å². The van der Waals surface area contributed by atoms with Crippen LogP contribution >= 0.6 is 11.3 Å². The highest BCUT2D eigenvalue weighted by molar-refractivity contribution is 7.13. The molecule has 3 N–H and O–H groups in total. The van der Waals surface area contributed by atoms with Gasteiger partial charge in [-0.25, -0.2) is 10.4 Å². The zero-order chi connectivity index (χ0) is 15.4. The number of carbonyl (C=O) groups excluding carboxylic acids is 1. The van der Waals surface area contributed by atoms with E-state index in [4.69, 9.17) is 10.2 Å². The lowest BCUT2D eigenvalue weighted by Crippen LogP contribution is -2.21. The van der Waals surface area contributed by atoms with Gasteiger partial charge < -0.3 is 10.2 Å². The maximum Gasteiger partial charge on any atom is 0.433 e. The third kappa shape index (κ3) is 3.86. The molecule has 0 aromatic carbocycles. The number of hydrazone groups is 1. The van der Waals surface area contributed by atoms with Crippen LogP contribution in [-0.4, -0.2) is 21.5 Å². The molecule has 1 amide bonds. The zero-order valence-corrected chi connectivity index (χ0v) is 11.7. The van der Waals surface area contributed by atoms with Crippen molar-refractivity contribution < 1.29 is 14.1 Å². The number of nitro groups is 1. The first-order valence-corrected chi connectivity index (χ1v) is 6.61. The SMILES string of the molecule is C/C(=N/NC(=O)Cc1csc(N)n1)c1ccc([N+](=O)[O-])o1. The minimum atomic E-state index is -0.651. The molecule has 0 spiro atoms. The van der Waals surface area contributed by atoms with Gasteiger partial charge in [0, 0.05) is 5.38 Å². The lowest BCUT2D eigenvalue weighted by Gasteiger charge is -1.99. The van der Waals surface area contributed by atoms with E-state index in [1.807, 2.05) is 0 Å². The van der Waals surface area contributed by atoms with E-state index < -0.39 is 4.92 Å². The molecule has 0 saturated carbocycles. The summed E-state index contributed by atoms with van der Waals surface area (Å²) in [6.07, 6.45) is 0.0444. The fourth-order valence-electron chi connectivity index (χ4n) is 1.43. The Bertz CT molecular complexity index is 705. The molecule has 2 heterocycles. The van der Waals surface area contributed by atoms with Crippen LogP contribution in [0.25, 0.3) is 0 Å². The highest BCUT2D eigenvalue weighted by Crippen LogP contribution is 2.16. The molecule has 0 fully saturated rings. The number of hydrogen-bond donors (Lipinski definition) is 2. The number of furan rings is 1. The fourth-order valence-corrected chi connectivity index (χ4v) is 1.99. The molecule has 110 valence electrons. The summed E-state index contributed by atoms with van der Waals surface area (Å²) in [7, 11) is 0. The Morgan fingerprint density at radius 3 is 2.95 bits per heavy atom. The van der Waals surface area contributed by atoms with Crippen molar-refractivity contribution in [3.05, 3.63) is 39.1 Å². The van der Waals surface area contributed by atoms with Crippen molar-refractivity contribution in [2.45, 2.75) is 13.3 Å². The Hall–Kier alpha value is -2.75. The van der Waals surface area contributed by atoms with Gasteiger partial charge in [0.15, 0.2) is 10.9 Å². The average molecular weight is 309 g/mol. The van der Waals surface area contributed by atoms with Crippen molar-refractivity contribution in [1.29, 1.82) is 0 Å². The van der Waals surface area contributed by atoms with Gasteiger partial charge in [-0.1, -0.05) is 0 Å². The maximum absolute atomic E-state index is 11.6. The monoisotopic (exact) mass is 309 g/mol. The summed E-state index contributed by atoms with van der Waals surface area (Å²) >= 11 is 1.25. The van der Waals surface area contributed by atoms with Crippen LogP contribution < -0.4 is 11.2 Å². The predicted octanol–water partition coefficient (Wildman–Crippen LogP) is 1.31. The molecule has 0 bridgehead atoms. The van der Waals surface area contributed by atoms with Crippen molar-refractivity contribution in [3.63, 3.8) is 0 Å². The van der Waals surface area contributed by atoms with Crippen LogP contribution in [0.5, 0.6) is 0 Å². The minimum Gasteiger partial charge on any atom is -0.399 e. The van der Waals surface area contributed by atoms with Crippen LogP contribution in [-0.2, 0) is 11.2 Å². The fraction of sp³-hybridized carbons (Fsp3) is 0.182. The van der Waals surface area contributed by atoms with Crippen LogP contribution in [0.3, 0.4) is 0 Å². The molecule has 0 aliphatic carbocycles. The second-order valence-electron chi connectivity index (χ2n) is 3.98. The molecular formula is C11H11N5O4S. The Morgan fingerprint density at radius 2 is 2.38 bits per heavy atom. The van der Waals surface area contributed by atoms with Crippen molar-refractivity contribution >= 4 is 34.0 Å². The van der Waals surface area contributed by atoms with Gasteiger partial charge in [0.1, 0.15) is 10.6 Å².